The van der Waals surface area contributed by atoms with Gasteiger partial charge < -0.3 is 14.5 Å². The molecule has 0 bridgehead atoms. The van der Waals surface area contributed by atoms with Crippen molar-refractivity contribution in [3.8, 4) is 0 Å². The van der Waals surface area contributed by atoms with Gasteiger partial charge in [-0.15, -0.1) is 0 Å². The Kier molecular flexibility index (Phi) is 7.23. The molecule has 0 N–H and O–H groups in total. The first-order valence-corrected chi connectivity index (χ1v) is 11.6. The van der Waals surface area contributed by atoms with Crippen molar-refractivity contribution in [1.82, 2.24) is 9.80 Å². The third kappa shape index (κ3) is 5.10. The maximum absolute atomic E-state index is 13.3. The Morgan fingerprint density at radius 2 is 1.79 bits per heavy atom. The zero-order valence-electron chi connectivity index (χ0n) is 19.6. The summed E-state index contributed by atoms with van der Waals surface area (Å²) in [7, 11) is 3.41. The van der Waals surface area contributed by atoms with Crippen LogP contribution in [0, 0.1) is 10.1 Å². The highest BCUT2D eigenvalue weighted by molar-refractivity contribution is 6.15. The highest BCUT2D eigenvalue weighted by Crippen LogP contribution is 2.29. The Bertz CT molecular complexity index is 1070. The van der Waals surface area contributed by atoms with E-state index in [1.165, 1.54) is 6.07 Å². The number of nitro groups is 1. The van der Waals surface area contributed by atoms with Gasteiger partial charge in [0.1, 0.15) is 5.69 Å². The number of ketones is 1. The van der Waals surface area contributed by atoms with E-state index in [-0.39, 0.29) is 28.8 Å². The molecule has 2 fully saturated rings. The molecule has 2 aromatic rings. The average molecular weight is 467 g/mol. The second-order valence-corrected chi connectivity index (χ2v) is 8.96. The summed E-state index contributed by atoms with van der Waals surface area (Å²) in [5.41, 5.74) is 1.01. The zero-order chi connectivity index (χ0) is 24.2. The van der Waals surface area contributed by atoms with Gasteiger partial charge in [-0.05, 0) is 31.0 Å². The van der Waals surface area contributed by atoms with Crippen molar-refractivity contribution in [2.75, 3.05) is 58.3 Å². The molecule has 2 aromatic carbocycles. The van der Waals surface area contributed by atoms with Crippen LogP contribution in [0.15, 0.2) is 42.5 Å². The lowest BCUT2D eigenvalue weighted by Gasteiger charge is -2.36. The van der Waals surface area contributed by atoms with Gasteiger partial charge in [0, 0.05) is 70.6 Å². The van der Waals surface area contributed by atoms with E-state index in [1.54, 1.807) is 60.3 Å². The molecule has 2 saturated heterocycles. The Morgan fingerprint density at radius 1 is 1.09 bits per heavy atom. The fourth-order valence-corrected chi connectivity index (χ4v) is 4.59. The zero-order valence-corrected chi connectivity index (χ0v) is 19.6. The molecule has 0 spiro atoms. The number of hydrogen-bond donors (Lipinski definition) is 0. The van der Waals surface area contributed by atoms with E-state index in [1.807, 2.05) is 0 Å². The van der Waals surface area contributed by atoms with Gasteiger partial charge in [0.25, 0.3) is 11.6 Å². The third-order valence-corrected chi connectivity index (χ3v) is 6.46. The lowest BCUT2D eigenvalue weighted by atomic mass is 9.96. The van der Waals surface area contributed by atoms with Crippen molar-refractivity contribution in [3.05, 3.63) is 69.3 Å². The summed E-state index contributed by atoms with van der Waals surface area (Å²) in [6, 6.07) is 11.1. The number of amides is 1. The first-order valence-electron chi connectivity index (χ1n) is 11.6. The van der Waals surface area contributed by atoms with E-state index in [0.29, 0.717) is 24.3 Å². The number of carbonyl (C=O) groups excluding carboxylic acids is 2. The monoisotopic (exact) mass is 466 g/mol. The third-order valence-electron chi connectivity index (χ3n) is 6.46. The SMILES string of the molecule is CN(C)c1ccc(C(=O)c2ccccc2C(=O)N2CCN(CC3CCCO3)CC2)cc1[N+](=O)[O-]. The van der Waals surface area contributed by atoms with Crippen LogP contribution in [0.25, 0.3) is 0 Å². The van der Waals surface area contributed by atoms with E-state index < -0.39 is 10.7 Å². The fraction of sp³-hybridized carbons (Fsp3) is 0.440. The molecule has 0 aromatic heterocycles. The smallest absolute Gasteiger partial charge is 0.293 e. The van der Waals surface area contributed by atoms with Crippen LogP contribution in [0.2, 0.25) is 0 Å². The van der Waals surface area contributed by atoms with E-state index in [9.17, 15) is 19.7 Å². The average Bonchev–Trinajstić information content (AvgIpc) is 3.36. The van der Waals surface area contributed by atoms with Crippen molar-refractivity contribution in [3.63, 3.8) is 0 Å². The minimum atomic E-state index is -0.501. The number of carbonyl (C=O) groups is 2. The van der Waals surface area contributed by atoms with Gasteiger partial charge in [0.15, 0.2) is 5.78 Å². The number of nitrogens with zero attached hydrogens (tertiary/aromatic N) is 4. The van der Waals surface area contributed by atoms with Crippen LogP contribution in [-0.4, -0.2) is 85.9 Å². The van der Waals surface area contributed by atoms with E-state index >= 15 is 0 Å². The highest BCUT2D eigenvalue weighted by Gasteiger charge is 2.28. The van der Waals surface area contributed by atoms with Gasteiger partial charge in [-0.2, -0.15) is 0 Å². The highest BCUT2D eigenvalue weighted by atomic mass is 16.6. The largest absolute Gasteiger partial charge is 0.377 e. The van der Waals surface area contributed by atoms with Crippen LogP contribution < -0.4 is 4.90 Å². The number of hydrogen-bond acceptors (Lipinski definition) is 7. The topological polar surface area (TPSA) is 96.2 Å². The number of rotatable bonds is 7. The molecule has 2 aliphatic heterocycles. The summed E-state index contributed by atoms with van der Waals surface area (Å²) in [5.74, 6) is -0.602. The quantitative estimate of drug-likeness (QED) is 0.352. The first-order chi connectivity index (χ1) is 16.3. The van der Waals surface area contributed by atoms with E-state index in [4.69, 9.17) is 4.74 Å². The maximum Gasteiger partial charge on any atom is 0.293 e. The molecule has 180 valence electrons. The number of anilines is 1. The minimum Gasteiger partial charge on any atom is -0.377 e. The normalized spacial score (nSPS) is 18.6. The Labute approximate surface area is 199 Å². The molecule has 2 aliphatic rings. The molecule has 34 heavy (non-hydrogen) atoms. The molecule has 0 radical (unpaired) electrons. The van der Waals surface area contributed by atoms with Gasteiger partial charge in [-0.25, -0.2) is 0 Å². The summed E-state index contributed by atoms with van der Waals surface area (Å²) in [6.07, 6.45) is 2.47. The van der Waals surface area contributed by atoms with Crippen LogP contribution >= 0.6 is 0 Å². The number of nitro benzene ring substituents is 1. The van der Waals surface area contributed by atoms with Crippen LogP contribution in [0.3, 0.4) is 0 Å². The molecule has 4 rings (SSSR count). The minimum absolute atomic E-state index is 0.151. The molecule has 2 heterocycles. The molecular weight excluding hydrogens is 436 g/mol. The van der Waals surface area contributed by atoms with E-state index in [2.05, 4.69) is 4.90 Å². The second kappa shape index (κ2) is 10.3. The summed E-state index contributed by atoms with van der Waals surface area (Å²) < 4.78 is 5.72. The van der Waals surface area contributed by atoms with Crippen molar-refractivity contribution in [2.24, 2.45) is 0 Å². The molecule has 1 unspecified atom stereocenters. The molecule has 0 saturated carbocycles. The molecular formula is C25H30N4O5. The van der Waals surface area contributed by atoms with Gasteiger partial charge in [0.05, 0.1) is 16.6 Å². The summed E-state index contributed by atoms with van der Waals surface area (Å²) >= 11 is 0. The van der Waals surface area contributed by atoms with Crippen LogP contribution in [0.4, 0.5) is 11.4 Å². The first kappa shape index (κ1) is 23.8. The number of piperazine rings is 1. The maximum atomic E-state index is 13.3. The Balaban J connectivity index is 1.50. The van der Waals surface area contributed by atoms with Gasteiger partial charge in [0.2, 0.25) is 0 Å². The lowest BCUT2D eigenvalue weighted by molar-refractivity contribution is -0.384. The van der Waals surface area contributed by atoms with Gasteiger partial charge >= 0.3 is 0 Å². The second-order valence-electron chi connectivity index (χ2n) is 8.96. The van der Waals surface area contributed by atoms with Crippen molar-refractivity contribution < 1.29 is 19.2 Å². The van der Waals surface area contributed by atoms with Gasteiger partial charge in [-0.3, -0.25) is 24.6 Å². The molecule has 0 aliphatic carbocycles. The lowest BCUT2D eigenvalue weighted by Crippen LogP contribution is -2.50. The summed E-state index contributed by atoms with van der Waals surface area (Å²) in [5, 5.41) is 11.5. The van der Waals surface area contributed by atoms with Crippen molar-refractivity contribution >= 4 is 23.1 Å². The van der Waals surface area contributed by atoms with Crippen molar-refractivity contribution in [2.45, 2.75) is 18.9 Å². The van der Waals surface area contributed by atoms with E-state index in [0.717, 1.165) is 39.1 Å². The summed E-state index contributed by atoms with van der Waals surface area (Å²) in [4.78, 5) is 43.4. The molecule has 9 nitrogen and oxygen atoms in total. The number of ether oxygens (including phenoxy) is 1. The fourth-order valence-electron chi connectivity index (χ4n) is 4.59. The number of benzene rings is 2. The van der Waals surface area contributed by atoms with Crippen LogP contribution in [-0.2, 0) is 4.74 Å². The van der Waals surface area contributed by atoms with Crippen molar-refractivity contribution in [1.29, 1.82) is 0 Å². The van der Waals surface area contributed by atoms with Gasteiger partial charge in [-0.1, -0.05) is 18.2 Å². The summed E-state index contributed by atoms with van der Waals surface area (Å²) in [6.45, 7) is 4.40. The van der Waals surface area contributed by atoms with Crippen LogP contribution in [0.1, 0.15) is 39.1 Å². The van der Waals surface area contributed by atoms with Crippen LogP contribution in [0.5, 0.6) is 0 Å². The Hall–Kier alpha value is -3.30. The standard InChI is InChI=1S/C25H30N4O5/c1-26(2)22-10-9-18(16-23(22)29(32)33)24(30)20-7-3-4-8-21(20)25(31)28-13-11-27(12-14-28)17-19-6-5-15-34-19/h3-4,7-10,16,19H,5-6,11-15,17H2,1-2H3. The predicted molar refractivity (Wildman–Crippen MR) is 129 cm³/mol. The molecule has 1 atom stereocenters. The molecule has 9 heteroatoms. The molecule has 1 amide bonds. The predicted octanol–water partition coefficient (Wildman–Crippen LogP) is 2.83. The Morgan fingerprint density at radius 3 is 2.41 bits per heavy atom.